The van der Waals surface area contributed by atoms with Crippen LogP contribution in [0.2, 0.25) is 0 Å². The Morgan fingerprint density at radius 2 is 1.57 bits per heavy atom. The highest BCUT2D eigenvalue weighted by Gasteiger charge is 2.16. The van der Waals surface area contributed by atoms with E-state index in [0.29, 0.717) is 26.6 Å². The van der Waals surface area contributed by atoms with Gasteiger partial charge in [-0.3, -0.25) is 9.59 Å². The highest BCUT2D eigenvalue weighted by molar-refractivity contribution is 7.17. The average molecular weight is 496 g/mol. The van der Waals surface area contributed by atoms with E-state index in [-0.39, 0.29) is 0 Å². The molecule has 0 atom stereocenters. The van der Waals surface area contributed by atoms with Gasteiger partial charge in [0.15, 0.2) is 22.8 Å². The summed E-state index contributed by atoms with van der Waals surface area (Å²) in [5, 5.41) is 1.41. The summed E-state index contributed by atoms with van der Waals surface area (Å²) in [6.45, 7) is 5.99. The second-order valence-electron chi connectivity index (χ2n) is 6.35. The van der Waals surface area contributed by atoms with Crippen LogP contribution in [0.15, 0.2) is 12.4 Å². The van der Waals surface area contributed by atoms with Crippen LogP contribution in [-0.2, 0) is 0 Å². The zero-order valence-electron chi connectivity index (χ0n) is 17.2. The third kappa shape index (κ3) is 10.6. The maximum Gasteiger partial charge on any atom is 0.186 e. The Morgan fingerprint density at radius 3 is 1.97 bits per heavy atom. The molecule has 30 heavy (non-hydrogen) atoms. The van der Waals surface area contributed by atoms with Crippen LogP contribution in [0.25, 0.3) is 0 Å². The smallest absolute Gasteiger partial charge is 0.186 e. The predicted octanol–water partition coefficient (Wildman–Crippen LogP) is 2.64. The van der Waals surface area contributed by atoms with Gasteiger partial charge in [-0.25, -0.2) is 9.97 Å². The number of carbonyl (C=O) groups excluding carboxylic acids is 2. The molecule has 0 aliphatic carbocycles. The minimum atomic E-state index is 0.437. The van der Waals surface area contributed by atoms with E-state index in [1.807, 2.05) is 7.05 Å². The zero-order valence-corrected chi connectivity index (χ0v) is 20.3. The first-order valence-electron chi connectivity index (χ1n) is 9.24. The molecule has 3 rings (SSSR count). The molecule has 1 aliphatic heterocycles. The third-order valence-corrected chi connectivity index (χ3v) is 6.06. The summed E-state index contributed by atoms with van der Waals surface area (Å²) in [4.78, 5) is 36.2. The van der Waals surface area contributed by atoms with E-state index in [4.69, 9.17) is 28.9 Å². The maximum atomic E-state index is 10.5. The Kier molecular flexibility index (Phi) is 13.8. The number of likely N-dealkylation sites (N-methyl/N-ethyl adjacent to an activating group) is 1. The molecule has 3 heterocycles. The fourth-order valence-corrected chi connectivity index (χ4v) is 4.09. The monoisotopic (exact) mass is 494 g/mol. The number of nitrogen functional groups attached to an aromatic ring is 1. The Hall–Kier alpha value is -1.30. The number of halogens is 2. The number of anilines is 2. The number of carbonyl (C=O) groups is 2. The van der Waals surface area contributed by atoms with Gasteiger partial charge in [-0.05, 0) is 14.1 Å². The maximum absolute atomic E-state index is 10.5. The van der Waals surface area contributed by atoms with Gasteiger partial charge in [-0.15, -0.1) is 23.2 Å². The lowest BCUT2D eigenvalue weighted by atomic mass is 10.3. The largest absolute Gasteiger partial charge is 0.375 e. The van der Waals surface area contributed by atoms with Gasteiger partial charge < -0.3 is 20.4 Å². The van der Waals surface area contributed by atoms with E-state index in [1.54, 1.807) is 6.20 Å². The molecule has 2 aromatic heterocycles. The summed E-state index contributed by atoms with van der Waals surface area (Å²) in [6.07, 6.45) is 4.68. The minimum Gasteiger partial charge on any atom is -0.375 e. The second-order valence-corrected chi connectivity index (χ2v) is 9.24. The normalized spacial score (nSPS) is 13.8. The van der Waals surface area contributed by atoms with Gasteiger partial charge >= 0.3 is 0 Å². The molecule has 1 saturated heterocycles. The van der Waals surface area contributed by atoms with Gasteiger partial charge in [0.2, 0.25) is 0 Å². The fraction of sp³-hybridized carbons (Fsp3) is 0.556. The van der Waals surface area contributed by atoms with Crippen molar-refractivity contribution in [2.45, 2.75) is 0 Å². The quantitative estimate of drug-likeness (QED) is 0.463. The Balaban J connectivity index is 0.000000243. The van der Waals surface area contributed by atoms with Crippen molar-refractivity contribution < 1.29 is 9.59 Å². The summed E-state index contributed by atoms with van der Waals surface area (Å²) in [5.74, 6) is 1.38. The van der Waals surface area contributed by atoms with Gasteiger partial charge in [0.25, 0.3) is 0 Å². The molecule has 1 aliphatic rings. The van der Waals surface area contributed by atoms with E-state index in [1.165, 1.54) is 28.9 Å². The summed E-state index contributed by atoms with van der Waals surface area (Å²) in [6, 6.07) is 0. The fourth-order valence-electron chi connectivity index (χ4n) is 2.23. The van der Waals surface area contributed by atoms with Crippen LogP contribution in [0.5, 0.6) is 0 Å². The second kappa shape index (κ2) is 15.5. The Bertz CT molecular complexity index is 732. The summed E-state index contributed by atoms with van der Waals surface area (Å²) in [5.41, 5.74) is 5.20. The molecule has 12 heteroatoms. The molecule has 0 spiro atoms. The molecule has 1 fully saturated rings. The first-order chi connectivity index (χ1) is 14.4. The van der Waals surface area contributed by atoms with Crippen LogP contribution < -0.4 is 10.6 Å². The molecule has 0 saturated carbocycles. The number of thiazole rings is 2. The average Bonchev–Trinajstić information content (AvgIpc) is 3.39. The van der Waals surface area contributed by atoms with E-state index in [0.717, 1.165) is 57.0 Å². The van der Waals surface area contributed by atoms with Crippen molar-refractivity contribution in [3.63, 3.8) is 0 Å². The molecule has 0 unspecified atom stereocenters. The van der Waals surface area contributed by atoms with E-state index in [9.17, 15) is 9.59 Å². The summed E-state index contributed by atoms with van der Waals surface area (Å²) in [7, 11) is 4.13. The minimum absolute atomic E-state index is 0.437. The zero-order chi connectivity index (χ0) is 22.4. The summed E-state index contributed by atoms with van der Waals surface area (Å²) < 4.78 is 0. The van der Waals surface area contributed by atoms with Crippen molar-refractivity contribution in [3.8, 4) is 0 Å². The van der Waals surface area contributed by atoms with E-state index in [2.05, 4.69) is 31.7 Å². The van der Waals surface area contributed by atoms with Crippen LogP contribution in [0.3, 0.4) is 0 Å². The number of hydrogen-bond donors (Lipinski definition) is 1. The highest BCUT2D eigenvalue weighted by atomic mass is 35.5. The SMILES string of the molecule is CN(CCCl)CCCl.CN1CCN(c2ncc(C=O)s2)CC1.Nc1ncc(C=O)s1. The molecular weight excluding hydrogens is 467 g/mol. The molecule has 2 aromatic rings. The molecule has 0 bridgehead atoms. The van der Waals surface area contributed by atoms with Gasteiger partial charge in [-0.2, -0.15) is 0 Å². The van der Waals surface area contributed by atoms with Crippen molar-refractivity contribution in [2.24, 2.45) is 0 Å². The lowest BCUT2D eigenvalue weighted by Gasteiger charge is -2.31. The highest BCUT2D eigenvalue weighted by Crippen LogP contribution is 2.21. The third-order valence-electron chi connectivity index (χ3n) is 3.99. The van der Waals surface area contributed by atoms with E-state index >= 15 is 0 Å². The molecule has 168 valence electrons. The van der Waals surface area contributed by atoms with Crippen molar-refractivity contribution in [1.82, 2.24) is 19.8 Å². The van der Waals surface area contributed by atoms with Crippen molar-refractivity contribution >= 4 is 68.7 Å². The van der Waals surface area contributed by atoms with Gasteiger partial charge in [0.05, 0.1) is 22.1 Å². The van der Waals surface area contributed by atoms with Crippen molar-refractivity contribution in [2.75, 3.05) is 75.8 Å². The molecular formula is C18H28Cl2N6O2S2. The Morgan fingerprint density at radius 1 is 1.03 bits per heavy atom. The standard InChI is InChI=1S/C9H13N3OS.C5H11Cl2N.C4H4N2OS/c1-11-2-4-12(5-3-11)9-10-6-8(7-13)14-9;1-8(4-2-6)5-3-7;5-4-6-1-3(2-7)8-4/h6-7H,2-5H2,1H3;2-5H2,1H3;1-2H,(H2,5,6). The number of nitrogens with two attached hydrogens (primary N) is 1. The van der Waals surface area contributed by atoms with Gasteiger partial charge in [0, 0.05) is 51.0 Å². The van der Waals surface area contributed by atoms with Crippen LogP contribution in [0.1, 0.15) is 19.3 Å². The number of alkyl halides is 2. The number of aromatic nitrogens is 2. The molecule has 8 nitrogen and oxygen atoms in total. The molecule has 0 amide bonds. The Labute approximate surface area is 195 Å². The van der Waals surface area contributed by atoms with Crippen LogP contribution in [-0.4, -0.2) is 97.5 Å². The van der Waals surface area contributed by atoms with Crippen molar-refractivity contribution in [3.05, 3.63) is 22.1 Å². The number of hydrogen-bond acceptors (Lipinski definition) is 10. The summed E-state index contributed by atoms with van der Waals surface area (Å²) >= 11 is 13.5. The molecule has 2 N–H and O–H groups in total. The predicted molar refractivity (Wildman–Crippen MR) is 128 cm³/mol. The number of nitrogens with zero attached hydrogens (tertiary/aromatic N) is 5. The first kappa shape index (κ1) is 26.7. The first-order valence-corrected chi connectivity index (χ1v) is 11.9. The van der Waals surface area contributed by atoms with Crippen LogP contribution in [0.4, 0.5) is 10.3 Å². The number of piperazine rings is 1. The lowest BCUT2D eigenvalue weighted by molar-refractivity contribution is 0.111. The van der Waals surface area contributed by atoms with Crippen LogP contribution in [0, 0.1) is 0 Å². The number of aldehydes is 2. The lowest BCUT2D eigenvalue weighted by Crippen LogP contribution is -2.44. The topological polar surface area (TPSA) is 95.7 Å². The number of rotatable bonds is 7. The van der Waals surface area contributed by atoms with Gasteiger partial charge in [-0.1, -0.05) is 22.7 Å². The van der Waals surface area contributed by atoms with Gasteiger partial charge in [0.1, 0.15) is 0 Å². The van der Waals surface area contributed by atoms with Crippen molar-refractivity contribution in [1.29, 1.82) is 0 Å². The van der Waals surface area contributed by atoms with Crippen LogP contribution >= 0.6 is 45.9 Å². The van der Waals surface area contributed by atoms with E-state index < -0.39 is 0 Å². The molecule has 0 radical (unpaired) electrons. The molecule has 0 aromatic carbocycles.